The van der Waals surface area contributed by atoms with Gasteiger partial charge in [-0.2, -0.15) is 0 Å². The summed E-state index contributed by atoms with van der Waals surface area (Å²) in [4.78, 5) is 29.0. The van der Waals surface area contributed by atoms with Crippen LogP contribution in [0.1, 0.15) is 33.6 Å². The van der Waals surface area contributed by atoms with Gasteiger partial charge in [0.25, 0.3) is 0 Å². The maximum atomic E-state index is 12.4. The van der Waals surface area contributed by atoms with E-state index >= 15 is 0 Å². The highest BCUT2D eigenvalue weighted by Gasteiger charge is 2.25. The van der Waals surface area contributed by atoms with Crippen LogP contribution in [0, 0.1) is 5.41 Å². The fraction of sp³-hybridized carbons (Fsp3) is 0.421. The maximum Gasteiger partial charge on any atom is 0.230 e. The number of aromatic nitrogens is 1. The van der Waals surface area contributed by atoms with Crippen LogP contribution in [-0.4, -0.2) is 28.6 Å². The second-order valence-corrected chi connectivity index (χ2v) is 9.58. The van der Waals surface area contributed by atoms with E-state index in [1.807, 2.05) is 51.1 Å². The molecule has 138 valence electrons. The van der Waals surface area contributed by atoms with Gasteiger partial charge in [-0.15, -0.1) is 0 Å². The lowest BCUT2D eigenvalue weighted by molar-refractivity contribution is -0.123. The molecule has 26 heavy (non-hydrogen) atoms. The summed E-state index contributed by atoms with van der Waals surface area (Å²) < 4.78 is 0.777. The van der Waals surface area contributed by atoms with E-state index in [1.54, 1.807) is 0 Å². The van der Waals surface area contributed by atoms with Crippen molar-refractivity contribution in [3.05, 3.63) is 30.3 Å². The van der Waals surface area contributed by atoms with Crippen LogP contribution in [0.5, 0.6) is 0 Å². The molecule has 1 saturated carbocycles. The first kappa shape index (κ1) is 18.9. The summed E-state index contributed by atoms with van der Waals surface area (Å²) in [5.74, 6) is 0.320. The number of carbonyl (C=O) groups is 2. The Bertz CT molecular complexity index is 793. The fourth-order valence-electron chi connectivity index (χ4n) is 2.15. The minimum atomic E-state index is -0.491. The molecular weight excluding hydrogens is 366 g/mol. The van der Waals surface area contributed by atoms with E-state index < -0.39 is 5.41 Å². The molecule has 2 amide bonds. The van der Waals surface area contributed by atoms with Crippen LogP contribution >= 0.6 is 23.1 Å². The van der Waals surface area contributed by atoms with Crippen molar-refractivity contribution < 1.29 is 9.59 Å². The third-order valence-corrected chi connectivity index (χ3v) is 5.95. The monoisotopic (exact) mass is 389 g/mol. The van der Waals surface area contributed by atoms with E-state index in [-0.39, 0.29) is 11.8 Å². The lowest BCUT2D eigenvalue weighted by atomic mass is 9.96. The number of thioether (sulfide) groups is 1. The van der Waals surface area contributed by atoms with Crippen LogP contribution in [0.15, 0.2) is 34.7 Å². The van der Waals surface area contributed by atoms with Crippen LogP contribution < -0.4 is 10.6 Å². The summed E-state index contributed by atoms with van der Waals surface area (Å²) in [7, 11) is 0. The predicted molar refractivity (Wildman–Crippen MR) is 108 cm³/mol. The average molecular weight is 390 g/mol. The zero-order valence-corrected chi connectivity index (χ0v) is 16.8. The zero-order chi connectivity index (χ0) is 18.7. The van der Waals surface area contributed by atoms with Crippen LogP contribution in [0.3, 0.4) is 0 Å². The minimum absolute atomic E-state index is 0.0363. The smallest absolute Gasteiger partial charge is 0.230 e. The van der Waals surface area contributed by atoms with Gasteiger partial charge in [0.1, 0.15) is 10.7 Å². The summed E-state index contributed by atoms with van der Waals surface area (Å²) in [5.41, 5.74) is 1.20. The number of rotatable bonds is 6. The molecule has 1 aliphatic rings. The minimum Gasteiger partial charge on any atom is -0.353 e. The molecule has 7 heteroatoms. The van der Waals surface area contributed by atoms with Crippen LogP contribution in [0.25, 0.3) is 11.3 Å². The second kappa shape index (κ2) is 7.80. The molecule has 1 fully saturated rings. The zero-order valence-electron chi connectivity index (χ0n) is 15.2. The maximum absolute atomic E-state index is 12.4. The fourth-order valence-corrected chi connectivity index (χ4v) is 4.03. The Balaban J connectivity index is 1.77. The number of amides is 2. The lowest BCUT2D eigenvalue weighted by Crippen LogP contribution is -2.27. The highest BCUT2D eigenvalue weighted by atomic mass is 32.2. The summed E-state index contributed by atoms with van der Waals surface area (Å²) >= 11 is 2.82. The van der Waals surface area contributed by atoms with Crippen molar-refractivity contribution in [3.63, 3.8) is 0 Å². The quantitative estimate of drug-likeness (QED) is 0.728. The summed E-state index contributed by atoms with van der Waals surface area (Å²) in [5, 5.41) is 6.70. The van der Waals surface area contributed by atoms with Gasteiger partial charge in [0, 0.05) is 17.0 Å². The average Bonchev–Trinajstić information content (AvgIpc) is 3.31. The molecule has 0 spiro atoms. The molecule has 0 bridgehead atoms. The van der Waals surface area contributed by atoms with E-state index in [1.165, 1.54) is 23.1 Å². The molecule has 0 aliphatic heterocycles. The van der Waals surface area contributed by atoms with Gasteiger partial charge in [-0.3, -0.25) is 9.59 Å². The Morgan fingerprint density at radius 2 is 1.92 bits per heavy atom. The van der Waals surface area contributed by atoms with Gasteiger partial charge < -0.3 is 10.6 Å². The Morgan fingerprint density at radius 1 is 1.23 bits per heavy atom. The molecule has 3 rings (SSSR count). The summed E-state index contributed by atoms with van der Waals surface area (Å²) in [6.07, 6.45) is 2.16. The second-order valence-electron chi connectivity index (χ2n) is 7.36. The van der Waals surface area contributed by atoms with Crippen LogP contribution in [-0.2, 0) is 9.59 Å². The van der Waals surface area contributed by atoms with Crippen LogP contribution in [0.2, 0.25) is 0 Å². The number of anilines is 1. The van der Waals surface area contributed by atoms with Crippen molar-refractivity contribution in [1.82, 2.24) is 10.3 Å². The molecule has 5 nitrogen and oxygen atoms in total. The van der Waals surface area contributed by atoms with E-state index in [0.29, 0.717) is 11.8 Å². The molecular formula is C19H23N3O2S2. The molecule has 0 atom stereocenters. The normalized spacial score (nSPS) is 14.1. The number of benzene rings is 1. The first-order chi connectivity index (χ1) is 12.3. The van der Waals surface area contributed by atoms with Crippen molar-refractivity contribution in [2.45, 2.75) is 44.0 Å². The Hall–Kier alpha value is -1.86. The molecule has 0 saturated heterocycles. The predicted octanol–water partition coefficient (Wildman–Crippen LogP) is 4.17. The molecule has 2 N–H and O–H groups in total. The molecule has 0 radical (unpaired) electrons. The standard InChI is InChI=1S/C19H23N3O2S2/c1-19(2,3)17(24)22-16-15(12-7-5-4-6-8-12)21-18(26-16)25-11-14(23)20-13-9-10-13/h4-8,13H,9-11H2,1-3H3,(H,20,23)(H,22,24). The number of thiazole rings is 1. The molecule has 1 aromatic carbocycles. The van der Waals surface area contributed by atoms with E-state index in [9.17, 15) is 9.59 Å². The van der Waals surface area contributed by atoms with Gasteiger partial charge in [0.2, 0.25) is 11.8 Å². The first-order valence-electron chi connectivity index (χ1n) is 8.63. The van der Waals surface area contributed by atoms with Crippen molar-refractivity contribution in [3.8, 4) is 11.3 Å². The summed E-state index contributed by atoms with van der Waals surface area (Å²) in [6.45, 7) is 5.64. The number of hydrogen-bond donors (Lipinski definition) is 2. The number of nitrogens with zero attached hydrogens (tertiary/aromatic N) is 1. The Morgan fingerprint density at radius 3 is 2.54 bits per heavy atom. The van der Waals surface area contributed by atoms with Gasteiger partial charge in [0.05, 0.1) is 5.75 Å². The number of nitrogens with one attached hydrogen (secondary N) is 2. The van der Waals surface area contributed by atoms with E-state index in [0.717, 1.165) is 33.4 Å². The van der Waals surface area contributed by atoms with Gasteiger partial charge in [0.15, 0.2) is 4.34 Å². The third-order valence-electron chi connectivity index (χ3n) is 3.83. The highest BCUT2D eigenvalue weighted by molar-refractivity contribution is 8.01. The molecule has 0 unspecified atom stereocenters. The van der Waals surface area contributed by atoms with Crippen molar-refractivity contribution in [1.29, 1.82) is 0 Å². The van der Waals surface area contributed by atoms with Gasteiger partial charge in [-0.25, -0.2) is 4.98 Å². The Kier molecular flexibility index (Phi) is 5.67. The highest BCUT2D eigenvalue weighted by Crippen LogP contribution is 2.38. The first-order valence-corrected chi connectivity index (χ1v) is 10.4. The number of carbonyl (C=O) groups excluding carboxylic acids is 2. The largest absolute Gasteiger partial charge is 0.353 e. The SMILES string of the molecule is CC(C)(C)C(=O)Nc1sc(SCC(=O)NC2CC2)nc1-c1ccccc1. The lowest BCUT2D eigenvalue weighted by Gasteiger charge is -2.17. The molecule has 2 aromatic rings. The van der Waals surface area contributed by atoms with Gasteiger partial charge >= 0.3 is 0 Å². The van der Waals surface area contributed by atoms with Crippen molar-refractivity contribution in [2.75, 3.05) is 11.1 Å². The molecule has 1 aromatic heterocycles. The molecule has 1 heterocycles. The Labute approximate surface area is 162 Å². The van der Waals surface area contributed by atoms with Crippen LogP contribution in [0.4, 0.5) is 5.00 Å². The number of hydrogen-bond acceptors (Lipinski definition) is 5. The van der Waals surface area contributed by atoms with Gasteiger partial charge in [-0.1, -0.05) is 74.2 Å². The van der Waals surface area contributed by atoms with E-state index in [2.05, 4.69) is 15.6 Å². The molecule has 1 aliphatic carbocycles. The van der Waals surface area contributed by atoms with Gasteiger partial charge in [-0.05, 0) is 12.8 Å². The van der Waals surface area contributed by atoms with Crippen molar-refractivity contribution in [2.24, 2.45) is 5.41 Å². The third kappa shape index (κ3) is 5.08. The topological polar surface area (TPSA) is 71.1 Å². The van der Waals surface area contributed by atoms with Crippen molar-refractivity contribution >= 4 is 39.9 Å². The van der Waals surface area contributed by atoms with E-state index in [4.69, 9.17) is 0 Å². The summed E-state index contributed by atoms with van der Waals surface area (Å²) in [6, 6.07) is 10.1.